The molecule has 288 valence electrons. The van der Waals surface area contributed by atoms with Crippen molar-refractivity contribution in [2.24, 2.45) is 0 Å². The molecule has 18 heteroatoms. The number of hydrogen-bond acceptors (Lipinski definition) is 8. The molecule has 0 amide bonds. The van der Waals surface area contributed by atoms with Crippen LogP contribution in [0.2, 0.25) is 40.2 Å². The van der Waals surface area contributed by atoms with Crippen LogP contribution in [0.3, 0.4) is 0 Å². The fourth-order valence-electron chi connectivity index (χ4n) is 3.70. The van der Waals surface area contributed by atoms with E-state index >= 15 is 0 Å². The number of aliphatic carboxylic acids is 2. The molecule has 2 atom stereocenters. The highest BCUT2D eigenvalue weighted by Gasteiger charge is 2.47. The van der Waals surface area contributed by atoms with E-state index in [-0.39, 0.29) is 21.6 Å². The number of carboxylic acid groups (broad SMARTS) is 2. The van der Waals surface area contributed by atoms with Crippen LogP contribution in [0.4, 0.5) is 0 Å². The van der Waals surface area contributed by atoms with Crippen molar-refractivity contribution < 1.29 is 43.7 Å². The van der Waals surface area contributed by atoms with Crippen LogP contribution in [-0.4, -0.2) is 64.7 Å². The van der Waals surface area contributed by atoms with E-state index in [2.05, 4.69) is 10.1 Å². The third-order valence-electron chi connectivity index (χ3n) is 6.52. The Morgan fingerprint density at radius 2 is 0.909 bits per heavy atom. The van der Waals surface area contributed by atoms with Gasteiger partial charge in [0.1, 0.15) is 6.04 Å². The van der Waals surface area contributed by atoms with E-state index in [9.17, 15) is 28.8 Å². The summed E-state index contributed by atoms with van der Waals surface area (Å²) in [5.41, 5.74) is 1.01. The van der Waals surface area contributed by atoms with E-state index in [0.29, 0.717) is 46.8 Å². The molecule has 4 aromatic carbocycles. The summed E-state index contributed by atoms with van der Waals surface area (Å²) < 4.78 is 4.35. The van der Waals surface area contributed by atoms with Gasteiger partial charge < -0.3 is 14.9 Å². The van der Waals surface area contributed by atoms with Gasteiger partial charge in [0, 0.05) is 28.8 Å². The predicted octanol–water partition coefficient (Wildman–Crippen LogP) is 10.3. The molecule has 0 saturated carbocycles. The molecule has 0 radical (unpaired) electrons. The molecule has 0 unspecified atom stereocenters. The second kappa shape index (κ2) is 23.2. The average Bonchev–Trinajstić information content (AvgIpc) is 3.96. The Bertz CT molecular complexity index is 2120. The first-order valence-corrected chi connectivity index (χ1v) is 17.9. The van der Waals surface area contributed by atoms with E-state index in [4.69, 9.17) is 103 Å². The molecule has 4 aromatic rings. The molecule has 5 rings (SSSR count). The summed E-state index contributed by atoms with van der Waals surface area (Å²) in [4.78, 5) is 66.1. The number of allylic oxidation sites excluding steroid dienone is 2. The second-order valence-electron chi connectivity index (χ2n) is 10.4. The van der Waals surface area contributed by atoms with Crippen LogP contribution < -0.4 is 5.32 Å². The molecule has 1 aliphatic rings. The first-order chi connectivity index (χ1) is 25.9. The highest BCUT2D eigenvalue weighted by atomic mass is 35.5. The lowest BCUT2D eigenvalue weighted by molar-refractivity contribution is -0.136. The molecule has 1 heterocycles. The first-order valence-electron chi connectivity index (χ1n) is 14.9. The van der Waals surface area contributed by atoms with E-state index in [0.717, 1.165) is 24.3 Å². The number of methoxy groups -OCH3 is 1. The third-order valence-corrected chi connectivity index (χ3v) is 9.49. The number of nitrogens with one attached hydrogen (secondary N) is 1. The van der Waals surface area contributed by atoms with E-state index < -0.39 is 35.8 Å². The van der Waals surface area contributed by atoms with Gasteiger partial charge in [-0.3, -0.25) is 24.5 Å². The van der Waals surface area contributed by atoms with Gasteiger partial charge in [-0.15, -0.1) is 0 Å². The number of carboxylic acids is 2. The highest BCUT2D eigenvalue weighted by molar-refractivity contribution is 6.43. The van der Waals surface area contributed by atoms with E-state index in [1.165, 1.54) is 61.7 Å². The highest BCUT2D eigenvalue weighted by Crippen LogP contribution is 2.26. The van der Waals surface area contributed by atoms with Gasteiger partial charge in [-0.25, -0.2) is 9.59 Å². The zero-order valence-electron chi connectivity index (χ0n) is 27.7. The van der Waals surface area contributed by atoms with Crippen LogP contribution in [0.25, 0.3) is 0 Å². The lowest BCUT2D eigenvalue weighted by atomic mass is 10.1. The number of Topliss-reactive ketones (excluding diaryl/α,β-unsaturated/α-hetero) is 1. The van der Waals surface area contributed by atoms with Crippen molar-refractivity contribution in [1.82, 2.24) is 5.32 Å². The minimum atomic E-state index is -1.18. The third kappa shape index (κ3) is 16.4. The monoisotopic (exact) mass is 907 g/mol. The van der Waals surface area contributed by atoms with Crippen LogP contribution in [0.5, 0.6) is 0 Å². The van der Waals surface area contributed by atoms with Gasteiger partial charge in [0.2, 0.25) is 0 Å². The topological polar surface area (TPSA) is 174 Å². The Kier molecular flexibility index (Phi) is 19.9. The number of halogens is 8. The fourth-order valence-corrected chi connectivity index (χ4v) is 4.86. The summed E-state index contributed by atoms with van der Waals surface area (Å²) in [6.45, 7) is 0. The maximum atomic E-state index is 11.8. The smallest absolute Gasteiger partial charge is 0.330 e. The quantitative estimate of drug-likeness (QED) is 0.0635. The number of carbonyl (C=O) groups excluding carboxylic acids is 4. The summed E-state index contributed by atoms with van der Waals surface area (Å²) in [5.74, 6) is -3.86. The summed E-state index contributed by atoms with van der Waals surface area (Å²) >= 11 is 45.4. The molecule has 55 heavy (non-hydrogen) atoms. The summed E-state index contributed by atoms with van der Waals surface area (Å²) in [6, 6.07) is 19.0. The maximum Gasteiger partial charge on any atom is 0.330 e. The van der Waals surface area contributed by atoms with Crippen molar-refractivity contribution in [2.45, 2.75) is 12.1 Å². The lowest BCUT2D eigenvalue weighted by Crippen LogP contribution is -2.15. The van der Waals surface area contributed by atoms with Gasteiger partial charge in [-0.2, -0.15) is 0 Å². The molecule has 0 bridgehead atoms. The van der Waals surface area contributed by atoms with Crippen LogP contribution in [0.15, 0.2) is 103 Å². The van der Waals surface area contributed by atoms with Crippen LogP contribution >= 0.6 is 92.8 Å². The Balaban J connectivity index is 0.000000260. The predicted molar refractivity (Wildman–Crippen MR) is 215 cm³/mol. The maximum absolute atomic E-state index is 11.8. The first kappa shape index (κ1) is 47.2. The van der Waals surface area contributed by atoms with Crippen LogP contribution in [0, 0.1) is 0 Å². The average molecular weight is 911 g/mol. The van der Waals surface area contributed by atoms with Gasteiger partial charge in [0.05, 0.1) is 53.3 Å². The number of hydrogen-bond donors (Lipinski definition) is 3. The molecule has 0 aliphatic carbocycles. The van der Waals surface area contributed by atoms with Crippen molar-refractivity contribution in [1.29, 1.82) is 0 Å². The Hall–Kier alpha value is -3.94. The molecule has 3 N–H and O–H groups in total. The summed E-state index contributed by atoms with van der Waals surface area (Å²) in [6.07, 6.45) is 3.89. The minimum absolute atomic E-state index is 0.256. The lowest BCUT2D eigenvalue weighted by Gasteiger charge is -2.00. The largest absolute Gasteiger partial charge is 0.480 e. The number of ether oxygens (including phenoxy) is 1. The Morgan fingerprint density at radius 1 is 0.527 bits per heavy atom. The van der Waals surface area contributed by atoms with Gasteiger partial charge in [0.25, 0.3) is 0 Å². The van der Waals surface area contributed by atoms with Crippen LogP contribution in [-0.2, 0) is 19.1 Å². The van der Waals surface area contributed by atoms with Crippen molar-refractivity contribution in [3.63, 3.8) is 0 Å². The Morgan fingerprint density at radius 3 is 1.25 bits per heavy atom. The van der Waals surface area contributed by atoms with Crippen molar-refractivity contribution in [3.8, 4) is 0 Å². The zero-order chi connectivity index (χ0) is 41.4. The molecule has 0 aromatic heterocycles. The van der Waals surface area contributed by atoms with Gasteiger partial charge >= 0.3 is 17.9 Å². The van der Waals surface area contributed by atoms with Crippen molar-refractivity contribution in [3.05, 3.63) is 160 Å². The van der Waals surface area contributed by atoms with Gasteiger partial charge in [0.15, 0.2) is 17.3 Å². The number of ketones is 3. The SMILES string of the molecule is COC(=O)/C=C/C(=O)c1ccc(Cl)c(Cl)c1.Clc1ccccc1Cl.O=C(O)/C=C/C(=O)c1ccc(Cl)c(Cl)c1.O=C(O)[C@H]1N[C@@H]1C(=O)c1ccc(Cl)c(Cl)c1. The zero-order valence-corrected chi connectivity index (χ0v) is 33.8. The molecule has 1 saturated heterocycles. The molecular formula is C37H25Cl8NO9. The standard InChI is InChI=1S/C11H8Cl2O3.C10H7Cl2NO3.C10H6Cl2O3.C6H4Cl2/c1-16-11(15)5-4-10(14)7-2-3-8(12)9(13)6-7;11-5-2-1-4(3-6(5)12)9(14)7-8(13-7)10(15)16;11-7-2-1-6(5-8(7)12)9(13)3-4-10(14)15;7-5-3-1-2-4-6(5)8/h2-6H,1H3;1-3,7-8,13H,(H,15,16);1-5H,(H,14,15);1-4H/b5-4+;;4-3+;/t;7-,8-;;/m.0../s1. The van der Waals surface area contributed by atoms with Gasteiger partial charge in [-0.1, -0.05) is 105 Å². The van der Waals surface area contributed by atoms with Gasteiger partial charge in [-0.05, 0) is 78.9 Å². The molecule has 1 fully saturated rings. The minimum Gasteiger partial charge on any atom is -0.480 e. The number of rotatable bonds is 9. The molecule has 1 aliphatic heterocycles. The second-order valence-corrected chi connectivity index (χ2v) is 13.6. The normalized spacial score (nSPS) is 13.9. The Labute approximate surface area is 354 Å². The van der Waals surface area contributed by atoms with Crippen LogP contribution in [0.1, 0.15) is 31.1 Å². The fraction of sp³-hybridized carbons (Fsp3) is 0.0811. The van der Waals surface area contributed by atoms with E-state index in [1.54, 1.807) is 12.1 Å². The number of carbonyl (C=O) groups is 6. The number of esters is 1. The number of benzene rings is 4. The molecule has 0 spiro atoms. The summed E-state index contributed by atoms with van der Waals surface area (Å²) in [5, 5.41) is 22.7. The molecular weight excluding hydrogens is 886 g/mol. The molecule has 10 nitrogen and oxygen atoms in total. The van der Waals surface area contributed by atoms with Crippen molar-refractivity contribution in [2.75, 3.05) is 7.11 Å². The van der Waals surface area contributed by atoms with Crippen molar-refractivity contribution >= 4 is 128 Å². The van der Waals surface area contributed by atoms with E-state index in [1.807, 2.05) is 12.1 Å². The summed E-state index contributed by atoms with van der Waals surface area (Å²) in [7, 11) is 1.23.